The molecule has 4 rings (SSSR count). The van der Waals surface area contributed by atoms with Crippen molar-refractivity contribution in [3.05, 3.63) is 70.6 Å². The maximum absolute atomic E-state index is 9.89. The second-order valence-corrected chi connectivity index (χ2v) is 8.03. The molecule has 0 spiro atoms. The molecule has 0 aliphatic carbocycles. The Labute approximate surface area is 153 Å². The molecular weight excluding hydrogens is 326 g/mol. The number of benzene rings is 2. The lowest BCUT2D eigenvalue weighted by Gasteiger charge is -2.32. The van der Waals surface area contributed by atoms with Gasteiger partial charge in [-0.25, -0.2) is 0 Å². The fourth-order valence-electron chi connectivity index (χ4n) is 3.96. The Morgan fingerprint density at radius 2 is 1.68 bits per heavy atom. The van der Waals surface area contributed by atoms with Crippen molar-refractivity contribution in [2.24, 2.45) is 0 Å². The van der Waals surface area contributed by atoms with Crippen LogP contribution >= 0.6 is 11.3 Å². The van der Waals surface area contributed by atoms with Gasteiger partial charge in [0.2, 0.25) is 0 Å². The number of hydrogen-bond acceptors (Lipinski definition) is 3. The summed E-state index contributed by atoms with van der Waals surface area (Å²) >= 11 is 1.89. The van der Waals surface area contributed by atoms with E-state index in [0.717, 1.165) is 26.1 Å². The SMILES string of the molecule is OCc1c(C2CCN(CCc3ccccc3)CC2)sc2ccccc12. The quantitative estimate of drug-likeness (QED) is 0.713. The van der Waals surface area contributed by atoms with Crippen LogP contribution in [-0.2, 0) is 13.0 Å². The Morgan fingerprint density at radius 3 is 2.44 bits per heavy atom. The maximum atomic E-state index is 9.89. The molecule has 0 bridgehead atoms. The summed E-state index contributed by atoms with van der Waals surface area (Å²) in [5.74, 6) is 0.604. The van der Waals surface area contributed by atoms with E-state index in [-0.39, 0.29) is 6.61 Å². The number of thiophene rings is 1. The van der Waals surface area contributed by atoms with Gasteiger partial charge in [-0.15, -0.1) is 11.3 Å². The van der Waals surface area contributed by atoms with Crippen LogP contribution in [0.3, 0.4) is 0 Å². The Bertz CT molecular complexity index is 818. The van der Waals surface area contributed by atoms with Crippen LogP contribution in [0.4, 0.5) is 0 Å². The standard InChI is InChI=1S/C22H25NOS/c24-16-20-19-8-4-5-9-21(19)25-22(20)18-11-14-23(15-12-18)13-10-17-6-2-1-3-7-17/h1-9,18,24H,10-16H2. The van der Waals surface area contributed by atoms with E-state index < -0.39 is 0 Å². The third kappa shape index (κ3) is 3.64. The average molecular weight is 352 g/mol. The smallest absolute Gasteiger partial charge is 0.0698 e. The molecule has 0 amide bonds. The third-order valence-corrected chi connectivity index (χ3v) is 6.78. The number of likely N-dealkylation sites (tertiary alicyclic amines) is 1. The van der Waals surface area contributed by atoms with Crippen molar-refractivity contribution < 1.29 is 5.11 Å². The zero-order valence-electron chi connectivity index (χ0n) is 14.5. The largest absolute Gasteiger partial charge is 0.392 e. The number of aliphatic hydroxyl groups excluding tert-OH is 1. The van der Waals surface area contributed by atoms with E-state index in [1.54, 1.807) is 0 Å². The van der Waals surface area contributed by atoms with Gasteiger partial charge in [0.25, 0.3) is 0 Å². The Kier molecular flexibility index (Phi) is 5.16. The molecule has 1 saturated heterocycles. The molecular formula is C22H25NOS. The van der Waals surface area contributed by atoms with Crippen LogP contribution in [-0.4, -0.2) is 29.6 Å². The van der Waals surface area contributed by atoms with E-state index in [2.05, 4.69) is 59.5 Å². The summed E-state index contributed by atoms with van der Waals surface area (Å²) in [5.41, 5.74) is 2.60. The van der Waals surface area contributed by atoms with Crippen LogP contribution in [0.15, 0.2) is 54.6 Å². The van der Waals surface area contributed by atoms with E-state index in [4.69, 9.17) is 0 Å². The molecule has 2 nitrogen and oxygen atoms in total. The van der Waals surface area contributed by atoms with Gasteiger partial charge < -0.3 is 10.0 Å². The topological polar surface area (TPSA) is 23.5 Å². The summed E-state index contributed by atoms with van der Waals surface area (Å²) in [6.45, 7) is 3.64. The number of aliphatic hydroxyl groups is 1. The highest BCUT2D eigenvalue weighted by atomic mass is 32.1. The second-order valence-electron chi connectivity index (χ2n) is 6.95. The molecule has 3 heteroatoms. The first kappa shape index (κ1) is 16.8. The molecule has 130 valence electrons. The van der Waals surface area contributed by atoms with Crippen LogP contribution in [0.1, 0.15) is 34.8 Å². The van der Waals surface area contributed by atoms with Crippen molar-refractivity contribution in [3.63, 3.8) is 0 Å². The highest BCUT2D eigenvalue weighted by Crippen LogP contribution is 2.40. The van der Waals surface area contributed by atoms with Gasteiger partial charge in [0.15, 0.2) is 0 Å². The van der Waals surface area contributed by atoms with Crippen molar-refractivity contribution >= 4 is 21.4 Å². The van der Waals surface area contributed by atoms with Gasteiger partial charge in [0, 0.05) is 16.1 Å². The number of rotatable bonds is 5. The van der Waals surface area contributed by atoms with Gasteiger partial charge in [-0.05, 0) is 60.8 Å². The second kappa shape index (κ2) is 7.69. The van der Waals surface area contributed by atoms with Crippen molar-refractivity contribution in [2.75, 3.05) is 19.6 Å². The molecule has 2 heterocycles. The molecule has 1 aliphatic rings. The molecule has 1 aromatic heterocycles. The lowest BCUT2D eigenvalue weighted by atomic mass is 9.92. The van der Waals surface area contributed by atoms with Crippen molar-refractivity contribution in [1.29, 1.82) is 0 Å². The number of piperidine rings is 1. The van der Waals surface area contributed by atoms with Gasteiger partial charge >= 0.3 is 0 Å². The predicted molar refractivity (Wildman–Crippen MR) is 106 cm³/mol. The number of nitrogens with zero attached hydrogens (tertiary/aromatic N) is 1. The van der Waals surface area contributed by atoms with Crippen LogP contribution in [0.25, 0.3) is 10.1 Å². The van der Waals surface area contributed by atoms with Gasteiger partial charge in [0.1, 0.15) is 0 Å². The first-order chi connectivity index (χ1) is 12.3. The Morgan fingerprint density at radius 1 is 0.960 bits per heavy atom. The van der Waals surface area contributed by atoms with Gasteiger partial charge in [-0.2, -0.15) is 0 Å². The Hall–Kier alpha value is -1.68. The summed E-state index contributed by atoms with van der Waals surface area (Å²) < 4.78 is 1.31. The average Bonchev–Trinajstić information content (AvgIpc) is 3.06. The predicted octanol–water partition coefficient (Wildman–Crippen LogP) is 4.82. The molecule has 0 atom stereocenters. The molecule has 3 aromatic rings. The lowest BCUT2D eigenvalue weighted by molar-refractivity contribution is 0.214. The number of fused-ring (bicyclic) bond motifs is 1. The summed E-state index contributed by atoms with van der Waals surface area (Å²) in [6.07, 6.45) is 3.54. The van der Waals surface area contributed by atoms with E-state index in [9.17, 15) is 5.11 Å². The van der Waals surface area contributed by atoms with Crippen LogP contribution in [0.2, 0.25) is 0 Å². The zero-order chi connectivity index (χ0) is 17.1. The molecule has 0 unspecified atom stereocenters. The number of hydrogen-bond donors (Lipinski definition) is 1. The fourth-order valence-corrected chi connectivity index (χ4v) is 5.35. The first-order valence-electron chi connectivity index (χ1n) is 9.22. The molecule has 1 aliphatic heterocycles. The highest BCUT2D eigenvalue weighted by molar-refractivity contribution is 7.19. The molecule has 1 fully saturated rings. The highest BCUT2D eigenvalue weighted by Gasteiger charge is 2.25. The third-order valence-electron chi connectivity index (χ3n) is 5.41. The van der Waals surface area contributed by atoms with Crippen molar-refractivity contribution in [3.8, 4) is 0 Å². The van der Waals surface area contributed by atoms with Crippen LogP contribution < -0.4 is 0 Å². The van der Waals surface area contributed by atoms with Crippen molar-refractivity contribution in [2.45, 2.75) is 31.8 Å². The normalized spacial score (nSPS) is 16.5. The first-order valence-corrected chi connectivity index (χ1v) is 10.0. The maximum Gasteiger partial charge on any atom is 0.0698 e. The van der Waals surface area contributed by atoms with Gasteiger partial charge in [0.05, 0.1) is 6.61 Å². The van der Waals surface area contributed by atoms with E-state index in [1.165, 1.54) is 38.9 Å². The monoisotopic (exact) mass is 351 g/mol. The molecule has 0 saturated carbocycles. The van der Waals surface area contributed by atoms with Crippen LogP contribution in [0.5, 0.6) is 0 Å². The van der Waals surface area contributed by atoms with Gasteiger partial charge in [-0.1, -0.05) is 48.5 Å². The Balaban J connectivity index is 1.40. The molecule has 1 N–H and O–H groups in total. The minimum atomic E-state index is 0.160. The molecule has 2 aromatic carbocycles. The fraction of sp³-hybridized carbons (Fsp3) is 0.364. The molecule has 0 radical (unpaired) electrons. The van der Waals surface area contributed by atoms with E-state index >= 15 is 0 Å². The summed E-state index contributed by atoms with van der Waals surface area (Å²) in [4.78, 5) is 4.02. The van der Waals surface area contributed by atoms with Crippen LogP contribution in [0, 0.1) is 0 Å². The minimum absolute atomic E-state index is 0.160. The summed E-state index contributed by atoms with van der Waals surface area (Å²) in [6, 6.07) is 19.3. The van der Waals surface area contributed by atoms with E-state index in [1.807, 2.05) is 11.3 Å². The summed E-state index contributed by atoms with van der Waals surface area (Å²) in [5, 5.41) is 11.1. The van der Waals surface area contributed by atoms with Crippen molar-refractivity contribution in [1.82, 2.24) is 4.90 Å². The summed E-state index contributed by atoms with van der Waals surface area (Å²) in [7, 11) is 0. The minimum Gasteiger partial charge on any atom is -0.392 e. The van der Waals surface area contributed by atoms with Gasteiger partial charge in [-0.3, -0.25) is 0 Å². The lowest BCUT2D eigenvalue weighted by Crippen LogP contribution is -2.34. The molecule has 25 heavy (non-hydrogen) atoms. The zero-order valence-corrected chi connectivity index (χ0v) is 15.3. The van der Waals surface area contributed by atoms with E-state index in [0.29, 0.717) is 5.92 Å².